The maximum atomic E-state index is 11.1. The Morgan fingerprint density at radius 3 is 2.53 bits per heavy atom. The SMILES string of the molecule is Cc1nn(-c2nccnc2C(=O)O)c(C)c1[N+](=O)[O-]. The number of carboxylic acid groups (broad SMARTS) is 1. The highest BCUT2D eigenvalue weighted by Crippen LogP contribution is 2.24. The Bertz CT molecular complexity index is 679. The maximum absolute atomic E-state index is 11.1. The van der Waals surface area contributed by atoms with E-state index in [2.05, 4.69) is 15.1 Å². The zero-order valence-electron chi connectivity index (χ0n) is 10.1. The Hall–Kier alpha value is -2.84. The molecule has 19 heavy (non-hydrogen) atoms. The summed E-state index contributed by atoms with van der Waals surface area (Å²) in [7, 11) is 0. The maximum Gasteiger partial charge on any atom is 0.358 e. The van der Waals surface area contributed by atoms with Crippen molar-refractivity contribution in [1.82, 2.24) is 19.7 Å². The highest BCUT2D eigenvalue weighted by atomic mass is 16.6. The van der Waals surface area contributed by atoms with Gasteiger partial charge in [-0.15, -0.1) is 0 Å². The molecule has 0 aliphatic heterocycles. The Labute approximate surface area is 106 Å². The predicted molar refractivity (Wildman–Crippen MR) is 62.2 cm³/mol. The number of aromatic carboxylic acids is 1. The van der Waals surface area contributed by atoms with Crippen LogP contribution in [-0.2, 0) is 0 Å². The molecule has 1 N–H and O–H groups in total. The number of hydrogen-bond acceptors (Lipinski definition) is 6. The summed E-state index contributed by atoms with van der Waals surface area (Å²) < 4.78 is 1.12. The number of hydrogen-bond donors (Lipinski definition) is 1. The van der Waals surface area contributed by atoms with Crippen LogP contribution in [0.4, 0.5) is 5.69 Å². The van der Waals surface area contributed by atoms with Gasteiger partial charge in [-0.25, -0.2) is 19.4 Å². The molecule has 0 bridgehead atoms. The Morgan fingerprint density at radius 1 is 1.37 bits per heavy atom. The summed E-state index contributed by atoms with van der Waals surface area (Å²) >= 11 is 0. The molecule has 0 amide bonds. The molecule has 2 aromatic rings. The normalized spacial score (nSPS) is 10.4. The van der Waals surface area contributed by atoms with Crippen LogP contribution in [0.15, 0.2) is 12.4 Å². The summed E-state index contributed by atoms with van der Waals surface area (Å²) in [5.41, 5.74) is -0.0972. The van der Waals surface area contributed by atoms with E-state index in [0.29, 0.717) is 0 Å². The van der Waals surface area contributed by atoms with E-state index in [1.54, 1.807) is 0 Å². The topological polar surface area (TPSA) is 124 Å². The highest BCUT2D eigenvalue weighted by molar-refractivity contribution is 5.88. The molecule has 0 aliphatic rings. The third kappa shape index (κ3) is 2.01. The second-order valence-electron chi connectivity index (χ2n) is 3.72. The zero-order chi connectivity index (χ0) is 14.2. The molecule has 9 nitrogen and oxygen atoms in total. The van der Waals surface area contributed by atoms with Crippen LogP contribution in [0.1, 0.15) is 21.9 Å². The van der Waals surface area contributed by atoms with Crippen LogP contribution in [0.3, 0.4) is 0 Å². The third-order valence-corrected chi connectivity index (χ3v) is 2.52. The molecule has 0 aromatic carbocycles. The van der Waals surface area contributed by atoms with Crippen molar-refractivity contribution >= 4 is 11.7 Å². The minimum atomic E-state index is -1.28. The largest absolute Gasteiger partial charge is 0.476 e. The van der Waals surface area contributed by atoms with Gasteiger partial charge in [0.15, 0.2) is 11.5 Å². The van der Waals surface area contributed by atoms with Crippen LogP contribution in [-0.4, -0.2) is 35.7 Å². The van der Waals surface area contributed by atoms with Crippen LogP contribution in [0.5, 0.6) is 0 Å². The van der Waals surface area contributed by atoms with Crippen LogP contribution < -0.4 is 0 Å². The second-order valence-corrected chi connectivity index (χ2v) is 3.72. The van der Waals surface area contributed by atoms with Crippen molar-refractivity contribution in [3.63, 3.8) is 0 Å². The summed E-state index contributed by atoms with van der Waals surface area (Å²) in [6.07, 6.45) is 2.52. The van der Waals surface area contributed by atoms with Crippen LogP contribution in [0.25, 0.3) is 5.82 Å². The molecular weight excluding hydrogens is 254 g/mol. The van der Waals surface area contributed by atoms with E-state index in [9.17, 15) is 14.9 Å². The fourth-order valence-electron chi connectivity index (χ4n) is 1.74. The molecule has 0 spiro atoms. The molecule has 2 aromatic heterocycles. The van der Waals surface area contributed by atoms with E-state index in [0.717, 1.165) is 4.68 Å². The summed E-state index contributed by atoms with van der Waals surface area (Å²) in [5.74, 6) is -1.33. The first-order valence-electron chi connectivity index (χ1n) is 5.18. The van der Waals surface area contributed by atoms with Crippen LogP contribution >= 0.6 is 0 Å². The van der Waals surface area contributed by atoms with E-state index in [4.69, 9.17) is 5.11 Å². The van der Waals surface area contributed by atoms with E-state index >= 15 is 0 Å². The van der Waals surface area contributed by atoms with Gasteiger partial charge in [-0.3, -0.25) is 10.1 Å². The van der Waals surface area contributed by atoms with Gasteiger partial charge in [-0.1, -0.05) is 0 Å². The van der Waals surface area contributed by atoms with E-state index in [1.165, 1.54) is 26.2 Å². The second kappa shape index (κ2) is 4.44. The van der Waals surface area contributed by atoms with Gasteiger partial charge in [-0.2, -0.15) is 5.10 Å². The number of nitrogens with zero attached hydrogens (tertiary/aromatic N) is 5. The van der Waals surface area contributed by atoms with Gasteiger partial charge in [0.1, 0.15) is 11.4 Å². The van der Waals surface area contributed by atoms with E-state index in [1.807, 2.05) is 0 Å². The monoisotopic (exact) mass is 263 g/mol. The van der Waals surface area contributed by atoms with Crippen molar-refractivity contribution in [2.45, 2.75) is 13.8 Å². The quantitative estimate of drug-likeness (QED) is 0.643. The average Bonchev–Trinajstić information content (AvgIpc) is 2.64. The van der Waals surface area contributed by atoms with Gasteiger partial charge in [0.2, 0.25) is 0 Å². The number of nitro groups is 1. The molecule has 0 radical (unpaired) electrons. The van der Waals surface area contributed by atoms with Crippen LogP contribution in [0.2, 0.25) is 0 Å². The minimum Gasteiger partial charge on any atom is -0.476 e. The first kappa shape index (κ1) is 12.6. The number of rotatable bonds is 3. The Kier molecular flexibility index (Phi) is 2.95. The van der Waals surface area contributed by atoms with Crippen molar-refractivity contribution in [3.8, 4) is 5.82 Å². The summed E-state index contributed by atoms with van der Waals surface area (Å²) in [5, 5.41) is 23.9. The average molecular weight is 263 g/mol. The number of aromatic nitrogens is 4. The van der Waals surface area contributed by atoms with Gasteiger partial charge in [-0.05, 0) is 13.8 Å². The minimum absolute atomic E-state index is 0.0521. The lowest BCUT2D eigenvalue weighted by Gasteiger charge is -2.04. The molecule has 2 rings (SSSR count). The fraction of sp³-hybridized carbons (Fsp3) is 0.200. The summed E-state index contributed by atoms with van der Waals surface area (Å²) in [6.45, 7) is 2.94. The van der Waals surface area contributed by atoms with E-state index in [-0.39, 0.29) is 28.6 Å². The summed E-state index contributed by atoms with van der Waals surface area (Å²) in [6, 6.07) is 0. The van der Waals surface area contributed by atoms with Crippen LogP contribution in [0, 0.1) is 24.0 Å². The fourth-order valence-corrected chi connectivity index (χ4v) is 1.74. The molecule has 0 unspecified atom stereocenters. The van der Waals surface area contributed by atoms with Gasteiger partial charge < -0.3 is 5.11 Å². The standard InChI is InChI=1S/C10H9N5O4/c1-5-8(15(18)19)6(2)14(13-5)9-7(10(16)17)11-3-4-12-9/h3-4H,1-2H3,(H,16,17). The first-order valence-corrected chi connectivity index (χ1v) is 5.18. The van der Waals surface area contributed by atoms with Gasteiger partial charge >= 0.3 is 11.7 Å². The lowest BCUT2D eigenvalue weighted by molar-refractivity contribution is -0.386. The summed E-state index contributed by atoms with van der Waals surface area (Å²) in [4.78, 5) is 29.0. The number of carbonyl (C=O) groups is 1. The van der Waals surface area contributed by atoms with Gasteiger partial charge in [0.25, 0.3) is 0 Å². The Balaban J connectivity index is 2.70. The molecule has 98 valence electrons. The molecule has 0 saturated heterocycles. The predicted octanol–water partition coefficient (Wildman–Crippen LogP) is 0.886. The third-order valence-electron chi connectivity index (χ3n) is 2.52. The van der Waals surface area contributed by atoms with Crippen molar-refractivity contribution in [2.24, 2.45) is 0 Å². The molecule has 0 atom stereocenters. The first-order chi connectivity index (χ1) is 8.93. The van der Waals surface area contributed by atoms with Crippen molar-refractivity contribution in [1.29, 1.82) is 0 Å². The highest BCUT2D eigenvalue weighted by Gasteiger charge is 2.25. The van der Waals surface area contributed by atoms with Crippen molar-refractivity contribution < 1.29 is 14.8 Å². The van der Waals surface area contributed by atoms with E-state index < -0.39 is 10.9 Å². The smallest absolute Gasteiger partial charge is 0.358 e. The zero-order valence-corrected chi connectivity index (χ0v) is 10.1. The molecule has 0 fully saturated rings. The van der Waals surface area contributed by atoms with Gasteiger partial charge in [0.05, 0.1) is 4.92 Å². The van der Waals surface area contributed by atoms with Crippen molar-refractivity contribution in [3.05, 3.63) is 39.6 Å². The number of carboxylic acids is 1. The molecule has 0 saturated carbocycles. The Morgan fingerprint density at radius 2 is 2.00 bits per heavy atom. The molecule has 0 aliphatic carbocycles. The molecule has 2 heterocycles. The van der Waals surface area contributed by atoms with Crippen molar-refractivity contribution in [2.75, 3.05) is 0 Å². The lowest BCUT2D eigenvalue weighted by atomic mass is 10.3. The van der Waals surface area contributed by atoms with Gasteiger partial charge in [0, 0.05) is 12.4 Å². The lowest BCUT2D eigenvalue weighted by Crippen LogP contribution is -2.12. The number of aryl methyl sites for hydroxylation is 1. The molecular formula is C10H9N5O4. The molecule has 9 heteroatoms.